The molecule has 0 fully saturated rings. The largest absolute Gasteiger partial charge is 0.427 e. The predicted molar refractivity (Wildman–Crippen MR) is 109 cm³/mol. The summed E-state index contributed by atoms with van der Waals surface area (Å²) in [6, 6.07) is 10.7. The minimum Gasteiger partial charge on any atom is -0.427 e. The van der Waals surface area contributed by atoms with Gasteiger partial charge in [0.05, 0.1) is 11.2 Å². The van der Waals surface area contributed by atoms with Crippen molar-refractivity contribution in [1.82, 2.24) is 9.78 Å². The van der Waals surface area contributed by atoms with Gasteiger partial charge in [-0.1, -0.05) is 0 Å². The number of nitrogens with zero attached hydrogens (tertiary/aromatic N) is 2. The third kappa shape index (κ3) is 3.94. The number of aromatic nitrogens is 2. The third-order valence-corrected chi connectivity index (χ3v) is 5.16. The van der Waals surface area contributed by atoms with Gasteiger partial charge in [0.1, 0.15) is 15.2 Å². The van der Waals surface area contributed by atoms with Gasteiger partial charge in [-0.2, -0.15) is 5.10 Å². The van der Waals surface area contributed by atoms with Crippen LogP contribution < -0.4 is 9.47 Å². The highest BCUT2D eigenvalue weighted by Crippen LogP contribution is 2.30. The fourth-order valence-electron chi connectivity index (χ4n) is 2.31. The van der Waals surface area contributed by atoms with Crippen molar-refractivity contribution in [2.45, 2.75) is 13.8 Å². The first kappa shape index (κ1) is 18.1. The van der Waals surface area contributed by atoms with Crippen molar-refractivity contribution in [2.24, 2.45) is 0 Å². The number of ether oxygens (including phenoxy) is 2. The van der Waals surface area contributed by atoms with E-state index < -0.39 is 0 Å². The number of esters is 2. The number of carbonyl (C=O) groups is 2. The van der Waals surface area contributed by atoms with Gasteiger partial charge in [-0.05, 0) is 81.6 Å². The van der Waals surface area contributed by atoms with Gasteiger partial charge < -0.3 is 9.47 Å². The third-order valence-electron chi connectivity index (χ3n) is 3.25. The van der Waals surface area contributed by atoms with Crippen molar-refractivity contribution in [3.8, 4) is 17.2 Å². The van der Waals surface area contributed by atoms with Crippen molar-refractivity contribution in [1.29, 1.82) is 0 Å². The molecule has 0 atom stereocenters. The van der Waals surface area contributed by atoms with Gasteiger partial charge in [-0.3, -0.25) is 9.59 Å². The van der Waals surface area contributed by atoms with E-state index in [4.69, 9.17) is 9.47 Å². The Morgan fingerprint density at radius 2 is 1.56 bits per heavy atom. The summed E-state index contributed by atoms with van der Waals surface area (Å²) in [5.41, 5.74) is 1.66. The van der Waals surface area contributed by atoms with Gasteiger partial charge in [0.25, 0.3) is 0 Å². The molecule has 1 heterocycles. The van der Waals surface area contributed by atoms with Crippen LogP contribution in [-0.4, -0.2) is 21.7 Å². The molecule has 0 N–H and O–H groups in total. The van der Waals surface area contributed by atoms with E-state index in [0.717, 1.165) is 23.9 Å². The molecule has 25 heavy (non-hydrogen) atoms. The molecule has 0 aliphatic heterocycles. The highest BCUT2D eigenvalue weighted by molar-refractivity contribution is 14.1. The first-order valence-electron chi connectivity index (χ1n) is 7.20. The fraction of sp³-hybridized carbons (Fsp3) is 0.118. The zero-order chi connectivity index (χ0) is 18.1. The zero-order valence-electron chi connectivity index (χ0n) is 13.2. The van der Waals surface area contributed by atoms with E-state index >= 15 is 0 Å². The van der Waals surface area contributed by atoms with Crippen LogP contribution in [0.25, 0.3) is 16.6 Å². The highest BCUT2D eigenvalue weighted by Gasteiger charge is 2.14. The van der Waals surface area contributed by atoms with Crippen molar-refractivity contribution in [3.63, 3.8) is 0 Å². The summed E-state index contributed by atoms with van der Waals surface area (Å²) >= 11 is 4.38. The lowest BCUT2D eigenvalue weighted by molar-refractivity contribution is -0.132. The van der Waals surface area contributed by atoms with Crippen molar-refractivity contribution >= 4 is 68.0 Å². The second kappa shape index (κ2) is 7.28. The molecule has 0 bridgehead atoms. The predicted octanol–water partition coefficient (Wildman–Crippen LogP) is 4.09. The monoisotopic (exact) mass is 562 g/mol. The second-order valence-electron chi connectivity index (χ2n) is 5.18. The Bertz CT molecular complexity index is 998. The van der Waals surface area contributed by atoms with Crippen LogP contribution in [0.2, 0.25) is 0 Å². The molecule has 0 amide bonds. The second-order valence-corrected chi connectivity index (χ2v) is 7.37. The summed E-state index contributed by atoms with van der Waals surface area (Å²) in [7, 11) is 0. The average Bonchev–Trinajstić information content (AvgIpc) is 2.83. The zero-order valence-corrected chi connectivity index (χ0v) is 17.6. The fourth-order valence-corrected chi connectivity index (χ4v) is 3.83. The number of halogens is 2. The van der Waals surface area contributed by atoms with Crippen LogP contribution in [0, 0.1) is 7.27 Å². The topological polar surface area (TPSA) is 70.4 Å². The smallest absolute Gasteiger partial charge is 0.308 e. The van der Waals surface area contributed by atoms with Crippen LogP contribution in [-0.2, 0) is 9.59 Å². The number of fused-ring (bicyclic) bond motifs is 1. The maximum absolute atomic E-state index is 11.1. The van der Waals surface area contributed by atoms with Crippen LogP contribution in [0.1, 0.15) is 13.8 Å². The summed E-state index contributed by atoms with van der Waals surface area (Å²) in [4.78, 5) is 22.2. The van der Waals surface area contributed by atoms with Crippen molar-refractivity contribution in [2.75, 3.05) is 0 Å². The molecule has 8 heteroatoms. The molecule has 3 aromatic rings. The summed E-state index contributed by atoms with van der Waals surface area (Å²) in [5, 5.41) is 5.50. The van der Waals surface area contributed by atoms with E-state index in [9.17, 15) is 9.59 Å². The Labute approximate surface area is 170 Å². The van der Waals surface area contributed by atoms with Crippen LogP contribution in [0.15, 0.2) is 36.4 Å². The van der Waals surface area contributed by atoms with Crippen molar-refractivity contribution < 1.29 is 19.1 Å². The lowest BCUT2D eigenvalue weighted by atomic mass is 10.2. The quantitative estimate of drug-likeness (QED) is 0.274. The van der Waals surface area contributed by atoms with E-state index in [1.165, 1.54) is 13.8 Å². The molecular weight excluding hydrogens is 550 g/mol. The summed E-state index contributed by atoms with van der Waals surface area (Å²) in [5.74, 6) is 0.250. The maximum Gasteiger partial charge on any atom is 0.308 e. The lowest BCUT2D eigenvalue weighted by Gasteiger charge is -2.08. The van der Waals surface area contributed by atoms with E-state index in [0.29, 0.717) is 11.5 Å². The molecule has 128 valence electrons. The molecule has 0 saturated carbocycles. The normalized spacial score (nSPS) is 10.7. The molecule has 1 aromatic heterocycles. The van der Waals surface area contributed by atoms with Gasteiger partial charge in [-0.25, -0.2) is 4.68 Å². The Kier molecular flexibility index (Phi) is 5.27. The minimum atomic E-state index is -0.364. The molecule has 6 nitrogen and oxygen atoms in total. The van der Waals surface area contributed by atoms with E-state index in [2.05, 4.69) is 50.3 Å². The Morgan fingerprint density at radius 1 is 0.960 bits per heavy atom. The standard InChI is InChI=1S/C17H12I2N2O4/c1-9(22)24-11-3-5-15-13(7-11)17(19)21(20-15)16-6-4-12(8-14(16)18)25-10(2)23/h3-8H,1-2H3. The minimum absolute atomic E-state index is 0.360. The SMILES string of the molecule is CC(=O)Oc1ccc(-n2nc3ccc(OC(C)=O)cc3c2I)c(I)c1. The molecule has 2 aromatic carbocycles. The number of benzene rings is 2. The van der Waals surface area contributed by atoms with Gasteiger partial charge in [0.15, 0.2) is 0 Å². The maximum atomic E-state index is 11.1. The Hall–Kier alpha value is -1.69. The molecular formula is C17H12I2N2O4. The van der Waals surface area contributed by atoms with Crippen LogP contribution in [0.5, 0.6) is 11.5 Å². The number of hydrogen-bond acceptors (Lipinski definition) is 5. The summed E-state index contributed by atoms with van der Waals surface area (Å²) < 4.78 is 13.8. The van der Waals surface area contributed by atoms with Crippen LogP contribution >= 0.6 is 45.2 Å². The van der Waals surface area contributed by atoms with Crippen LogP contribution in [0.3, 0.4) is 0 Å². The first-order chi connectivity index (χ1) is 11.8. The highest BCUT2D eigenvalue weighted by atomic mass is 127. The Morgan fingerprint density at radius 3 is 2.16 bits per heavy atom. The summed E-state index contributed by atoms with van der Waals surface area (Å²) in [6.07, 6.45) is 0. The Balaban J connectivity index is 2.05. The van der Waals surface area contributed by atoms with E-state index in [1.54, 1.807) is 24.3 Å². The number of carbonyl (C=O) groups excluding carboxylic acids is 2. The molecule has 0 saturated heterocycles. The lowest BCUT2D eigenvalue weighted by Crippen LogP contribution is -2.04. The molecule has 3 rings (SSSR count). The van der Waals surface area contributed by atoms with Gasteiger partial charge >= 0.3 is 11.9 Å². The van der Waals surface area contributed by atoms with E-state index in [1.807, 2.05) is 16.8 Å². The first-order valence-corrected chi connectivity index (χ1v) is 9.36. The van der Waals surface area contributed by atoms with E-state index in [-0.39, 0.29) is 11.9 Å². The number of hydrogen-bond donors (Lipinski definition) is 0. The molecule has 0 aliphatic rings. The number of rotatable bonds is 3. The molecule has 0 radical (unpaired) electrons. The summed E-state index contributed by atoms with van der Waals surface area (Å²) in [6.45, 7) is 2.73. The van der Waals surface area contributed by atoms with Gasteiger partial charge in [0, 0.05) is 22.8 Å². The molecule has 0 spiro atoms. The molecule has 0 unspecified atom stereocenters. The van der Waals surface area contributed by atoms with Gasteiger partial charge in [0.2, 0.25) is 0 Å². The van der Waals surface area contributed by atoms with Crippen LogP contribution in [0.4, 0.5) is 0 Å². The van der Waals surface area contributed by atoms with Gasteiger partial charge in [-0.15, -0.1) is 0 Å². The molecule has 0 aliphatic carbocycles. The average molecular weight is 562 g/mol. The van der Waals surface area contributed by atoms with Crippen molar-refractivity contribution in [3.05, 3.63) is 43.7 Å².